The van der Waals surface area contributed by atoms with E-state index in [-0.39, 0.29) is 0 Å². The van der Waals surface area contributed by atoms with Gasteiger partial charge in [-0.25, -0.2) is 14.7 Å². The van der Waals surface area contributed by atoms with Crippen molar-refractivity contribution in [1.29, 1.82) is 0 Å². The van der Waals surface area contributed by atoms with Crippen molar-refractivity contribution >= 4 is 28.8 Å². The summed E-state index contributed by atoms with van der Waals surface area (Å²) >= 11 is 0. The highest BCUT2D eigenvalue weighted by Gasteiger charge is 2.16. The summed E-state index contributed by atoms with van der Waals surface area (Å²) in [6.07, 6.45) is 5.20. The molecule has 0 atom stereocenters. The van der Waals surface area contributed by atoms with Gasteiger partial charge in [0, 0.05) is 56.3 Å². The van der Waals surface area contributed by atoms with E-state index in [1.54, 1.807) is 18.0 Å². The van der Waals surface area contributed by atoms with Crippen LogP contribution in [0, 0.1) is 0 Å². The number of aromatic nitrogens is 4. The summed E-state index contributed by atoms with van der Waals surface area (Å²) in [4.78, 5) is 17.7. The van der Waals surface area contributed by atoms with Gasteiger partial charge in [-0.3, -0.25) is 0 Å². The Bertz CT molecular complexity index is 1440. The van der Waals surface area contributed by atoms with Crippen molar-refractivity contribution in [2.24, 2.45) is 10.7 Å². The molecule has 0 radical (unpaired) electrons. The van der Waals surface area contributed by atoms with Gasteiger partial charge in [-0.2, -0.15) is 10.1 Å². The molecule has 0 unspecified atom stereocenters. The van der Waals surface area contributed by atoms with Gasteiger partial charge in [0.05, 0.1) is 29.9 Å². The molecule has 10 nitrogen and oxygen atoms in total. The van der Waals surface area contributed by atoms with Gasteiger partial charge in [0.2, 0.25) is 5.95 Å². The van der Waals surface area contributed by atoms with Crippen LogP contribution in [0.3, 0.4) is 0 Å². The Morgan fingerprint density at radius 3 is 2.58 bits per heavy atom. The van der Waals surface area contributed by atoms with E-state index in [9.17, 15) is 0 Å². The fourth-order valence-corrected chi connectivity index (χ4v) is 3.94. The molecule has 2 aromatic heterocycles. The van der Waals surface area contributed by atoms with Gasteiger partial charge in [-0.1, -0.05) is 36.9 Å². The lowest BCUT2D eigenvalue weighted by Crippen LogP contribution is -2.11. The molecule has 4 rings (SSSR count). The van der Waals surface area contributed by atoms with E-state index in [4.69, 9.17) is 20.6 Å². The normalized spacial score (nSPS) is 11.5. The first-order chi connectivity index (χ1) is 18.3. The van der Waals surface area contributed by atoms with Crippen LogP contribution >= 0.6 is 0 Å². The molecule has 0 aliphatic rings. The summed E-state index contributed by atoms with van der Waals surface area (Å²) in [5, 5.41) is 8.14. The molecule has 10 heteroatoms. The number of methoxy groups -OCH3 is 1. The molecule has 0 bridgehead atoms. The summed E-state index contributed by atoms with van der Waals surface area (Å²) in [5.41, 5.74) is 11.1. The molecule has 0 saturated carbocycles. The van der Waals surface area contributed by atoms with Crippen molar-refractivity contribution < 1.29 is 4.74 Å². The molecule has 38 heavy (non-hydrogen) atoms. The Labute approximate surface area is 223 Å². The summed E-state index contributed by atoms with van der Waals surface area (Å²) < 4.78 is 7.43. The molecule has 0 saturated heterocycles. The number of amidine groups is 1. The topological polar surface area (TPSA) is 110 Å². The monoisotopic (exact) mass is 511 g/mol. The molecular weight excluding hydrogens is 478 g/mol. The maximum atomic E-state index is 5.94. The number of benzene rings is 2. The number of hydrogen-bond donors (Lipinski definition) is 2. The number of nitrogens with zero attached hydrogens (tertiary/aromatic N) is 7. The van der Waals surface area contributed by atoms with Crippen LogP contribution in [0.1, 0.15) is 5.56 Å². The standard InChI is InChI=1S/C28H33N9O/c1-7-25(29)31-21-15-22(24(38-6)16-23(21)36(4)5)32-28-30-14-13-26(33-28)37-18-20(17-35(2)3)27(34-37)19-11-9-8-10-12-19/h7-16,18H,1,17H2,2-6H3,(H2,29,31)(H,30,32,33). The van der Waals surface area contributed by atoms with E-state index in [1.807, 2.05) is 75.7 Å². The fourth-order valence-electron chi connectivity index (χ4n) is 3.94. The zero-order valence-electron chi connectivity index (χ0n) is 22.4. The predicted octanol–water partition coefficient (Wildman–Crippen LogP) is 4.38. The Morgan fingerprint density at radius 1 is 1.16 bits per heavy atom. The van der Waals surface area contributed by atoms with Crippen molar-refractivity contribution in [2.75, 3.05) is 45.5 Å². The third-order valence-electron chi connectivity index (χ3n) is 5.68. The average molecular weight is 512 g/mol. The van der Waals surface area contributed by atoms with Gasteiger partial charge in [0.1, 0.15) is 11.6 Å². The second kappa shape index (κ2) is 11.6. The van der Waals surface area contributed by atoms with Gasteiger partial charge in [-0.05, 0) is 26.2 Å². The number of ether oxygens (including phenoxy) is 1. The van der Waals surface area contributed by atoms with Crippen molar-refractivity contribution in [3.63, 3.8) is 0 Å². The Balaban J connectivity index is 1.72. The first-order valence-corrected chi connectivity index (χ1v) is 12.0. The molecule has 0 aliphatic carbocycles. The van der Waals surface area contributed by atoms with Crippen LogP contribution in [-0.2, 0) is 6.54 Å². The maximum Gasteiger partial charge on any atom is 0.229 e. The number of rotatable bonds is 10. The molecular formula is C28H33N9O. The highest BCUT2D eigenvalue weighted by Crippen LogP contribution is 2.39. The highest BCUT2D eigenvalue weighted by molar-refractivity contribution is 5.95. The predicted molar refractivity (Wildman–Crippen MR) is 154 cm³/mol. The van der Waals surface area contributed by atoms with E-state index in [0.29, 0.717) is 34.7 Å². The Hall–Kier alpha value is -4.70. The van der Waals surface area contributed by atoms with Gasteiger partial charge in [0.15, 0.2) is 5.82 Å². The van der Waals surface area contributed by atoms with E-state index >= 15 is 0 Å². The van der Waals surface area contributed by atoms with E-state index in [2.05, 4.69) is 38.9 Å². The van der Waals surface area contributed by atoms with Gasteiger partial charge in [0.25, 0.3) is 0 Å². The van der Waals surface area contributed by atoms with Crippen LogP contribution in [0.5, 0.6) is 5.75 Å². The number of nitrogens with two attached hydrogens (primary N) is 1. The first-order valence-electron chi connectivity index (χ1n) is 12.0. The van der Waals surface area contributed by atoms with Gasteiger partial charge < -0.3 is 25.6 Å². The van der Waals surface area contributed by atoms with Gasteiger partial charge in [-0.15, -0.1) is 0 Å². The van der Waals surface area contributed by atoms with E-state index in [0.717, 1.165) is 29.1 Å². The lowest BCUT2D eigenvalue weighted by molar-refractivity contribution is 0.403. The third-order valence-corrected chi connectivity index (χ3v) is 5.68. The zero-order valence-corrected chi connectivity index (χ0v) is 22.4. The third kappa shape index (κ3) is 5.98. The lowest BCUT2D eigenvalue weighted by atomic mass is 10.1. The number of anilines is 3. The minimum absolute atomic E-state index is 0.309. The molecule has 2 heterocycles. The largest absolute Gasteiger partial charge is 0.494 e. The summed E-state index contributed by atoms with van der Waals surface area (Å²) in [7, 11) is 9.54. The van der Waals surface area contributed by atoms with Crippen LogP contribution in [0.4, 0.5) is 23.0 Å². The van der Waals surface area contributed by atoms with Crippen LogP contribution in [0.15, 0.2) is 78.6 Å². The zero-order chi connectivity index (χ0) is 27.2. The quantitative estimate of drug-likeness (QED) is 0.238. The SMILES string of the molecule is C=CC(N)=Nc1cc(Nc2nccc(-n3cc(CN(C)C)c(-c4ccccc4)n3)n2)c(OC)cc1N(C)C. The average Bonchev–Trinajstić information content (AvgIpc) is 3.32. The molecule has 0 aliphatic heterocycles. The number of nitrogens with one attached hydrogen (secondary N) is 1. The second-order valence-corrected chi connectivity index (χ2v) is 9.09. The minimum atomic E-state index is 0.309. The van der Waals surface area contributed by atoms with E-state index < -0.39 is 0 Å². The minimum Gasteiger partial charge on any atom is -0.494 e. The molecule has 4 aromatic rings. The van der Waals surface area contributed by atoms with Crippen LogP contribution < -0.4 is 20.7 Å². The molecule has 3 N–H and O–H groups in total. The second-order valence-electron chi connectivity index (χ2n) is 9.09. The van der Waals surface area contributed by atoms with Crippen molar-refractivity contribution in [1.82, 2.24) is 24.6 Å². The number of aliphatic imine (C=N–C) groups is 1. The smallest absolute Gasteiger partial charge is 0.229 e. The molecule has 196 valence electrons. The summed E-state index contributed by atoms with van der Waals surface area (Å²) in [6, 6.07) is 15.7. The van der Waals surface area contributed by atoms with Crippen LogP contribution in [0.25, 0.3) is 17.1 Å². The molecule has 0 amide bonds. The van der Waals surface area contributed by atoms with Crippen molar-refractivity contribution in [3.8, 4) is 22.8 Å². The first kappa shape index (κ1) is 26.4. The maximum absolute atomic E-state index is 5.94. The highest BCUT2D eigenvalue weighted by atomic mass is 16.5. The Morgan fingerprint density at radius 2 is 1.92 bits per heavy atom. The van der Waals surface area contributed by atoms with E-state index in [1.165, 1.54) is 6.08 Å². The molecule has 2 aromatic carbocycles. The van der Waals surface area contributed by atoms with Crippen LogP contribution in [-0.4, -0.2) is 65.8 Å². The van der Waals surface area contributed by atoms with Crippen molar-refractivity contribution in [3.05, 3.63) is 79.1 Å². The Kier molecular flexibility index (Phi) is 8.03. The van der Waals surface area contributed by atoms with Crippen LogP contribution in [0.2, 0.25) is 0 Å². The van der Waals surface area contributed by atoms with Crippen molar-refractivity contribution in [2.45, 2.75) is 6.54 Å². The van der Waals surface area contributed by atoms with Gasteiger partial charge >= 0.3 is 0 Å². The number of hydrogen-bond acceptors (Lipinski definition) is 8. The fraction of sp³-hybridized carbons (Fsp3) is 0.214. The lowest BCUT2D eigenvalue weighted by Gasteiger charge is -2.19. The summed E-state index contributed by atoms with van der Waals surface area (Å²) in [6.45, 7) is 4.44. The molecule has 0 fully saturated rings. The summed E-state index contributed by atoms with van der Waals surface area (Å²) in [5.74, 6) is 1.93. The molecule has 0 spiro atoms.